The fraction of sp³-hybridized carbons (Fsp3) is 0.292. The quantitative estimate of drug-likeness (QED) is 0.515. The molecular formula is C24H27NO6. The Hall–Kier alpha value is -3.61. The van der Waals surface area contributed by atoms with Crippen molar-refractivity contribution in [2.75, 3.05) is 42.7 Å². The monoisotopic (exact) mass is 425 g/mol. The van der Waals surface area contributed by atoms with E-state index in [1.165, 1.54) is 0 Å². The van der Waals surface area contributed by atoms with Gasteiger partial charge in [0, 0.05) is 23.0 Å². The van der Waals surface area contributed by atoms with Crippen molar-refractivity contribution in [1.29, 1.82) is 0 Å². The molecule has 1 aromatic heterocycles. The van der Waals surface area contributed by atoms with Crippen LogP contribution in [0.1, 0.15) is 5.69 Å². The van der Waals surface area contributed by atoms with Gasteiger partial charge in [-0.1, -0.05) is 0 Å². The fourth-order valence-electron chi connectivity index (χ4n) is 3.47. The van der Waals surface area contributed by atoms with Gasteiger partial charge in [0.2, 0.25) is 11.5 Å². The number of hydrogen-bond donors (Lipinski definition) is 0. The van der Waals surface area contributed by atoms with Crippen molar-refractivity contribution in [3.8, 4) is 56.8 Å². The Morgan fingerprint density at radius 3 is 1.32 bits per heavy atom. The number of ether oxygens (including phenoxy) is 6. The Labute approximate surface area is 182 Å². The molecule has 164 valence electrons. The summed E-state index contributed by atoms with van der Waals surface area (Å²) in [4.78, 5) is 4.61. The van der Waals surface area contributed by atoms with Crippen molar-refractivity contribution in [1.82, 2.24) is 4.98 Å². The molecule has 0 aliphatic heterocycles. The highest BCUT2D eigenvalue weighted by atomic mass is 16.5. The summed E-state index contributed by atoms with van der Waals surface area (Å²) in [6, 6.07) is 9.66. The number of benzene rings is 2. The molecule has 0 N–H and O–H groups in total. The molecule has 0 spiro atoms. The Morgan fingerprint density at radius 1 is 0.516 bits per heavy atom. The molecule has 7 nitrogen and oxygen atoms in total. The van der Waals surface area contributed by atoms with E-state index in [9.17, 15) is 0 Å². The van der Waals surface area contributed by atoms with Gasteiger partial charge in [-0.2, -0.15) is 0 Å². The Bertz CT molecular complexity index is 1030. The van der Waals surface area contributed by atoms with Gasteiger partial charge in [0.25, 0.3) is 0 Å². The third-order valence-electron chi connectivity index (χ3n) is 5.06. The number of pyridine rings is 1. The van der Waals surface area contributed by atoms with Crippen LogP contribution in [0, 0.1) is 6.92 Å². The summed E-state index contributed by atoms with van der Waals surface area (Å²) in [7, 11) is 9.54. The minimum atomic E-state index is 0.540. The van der Waals surface area contributed by atoms with Crippen molar-refractivity contribution >= 4 is 0 Å². The minimum absolute atomic E-state index is 0.540. The normalized spacial score (nSPS) is 10.4. The Kier molecular flexibility index (Phi) is 6.74. The maximum atomic E-state index is 5.51. The van der Waals surface area contributed by atoms with E-state index in [1.807, 2.05) is 37.4 Å². The van der Waals surface area contributed by atoms with Crippen LogP contribution in [0.15, 0.2) is 36.5 Å². The zero-order valence-electron chi connectivity index (χ0n) is 18.9. The molecule has 0 unspecified atom stereocenters. The van der Waals surface area contributed by atoms with E-state index in [0.29, 0.717) is 34.5 Å². The summed E-state index contributed by atoms with van der Waals surface area (Å²) < 4.78 is 32.9. The lowest BCUT2D eigenvalue weighted by Gasteiger charge is -2.17. The zero-order valence-corrected chi connectivity index (χ0v) is 18.9. The van der Waals surface area contributed by atoms with Crippen LogP contribution in [0.5, 0.6) is 34.5 Å². The number of nitrogens with zero attached hydrogens (tertiary/aromatic N) is 1. The summed E-state index contributed by atoms with van der Waals surface area (Å²) in [5.74, 6) is 3.39. The van der Waals surface area contributed by atoms with Crippen LogP contribution >= 0.6 is 0 Å². The number of aromatic nitrogens is 1. The van der Waals surface area contributed by atoms with Gasteiger partial charge in [-0.15, -0.1) is 0 Å². The highest BCUT2D eigenvalue weighted by Crippen LogP contribution is 2.44. The molecule has 0 bridgehead atoms. The van der Waals surface area contributed by atoms with E-state index in [4.69, 9.17) is 28.4 Å². The molecule has 1 heterocycles. The van der Waals surface area contributed by atoms with Gasteiger partial charge in [-0.05, 0) is 48.4 Å². The first-order valence-corrected chi connectivity index (χ1v) is 9.58. The smallest absolute Gasteiger partial charge is 0.203 e. The highest BCUT2D eigenvalue weighted by molar-refractivity contribution is 5.78. The van der Waals surface area contributed by atoms with Crippen molar-refractivity contribution in [3.05, 3.63) is 42.2 Å². The number of aryl methyl sites for hydroxylation is 1. The van der Waals surface area contributed by atoms with Crippen LogP contribution in [-0.4, -0.2) is 47.6 Å². The van der Waals surface area contributed by atoms with Gasteiger partial charge in [0.05, 0.1) is 42.7 Å². The van der Waals surface area contributed by atoms with Crippen LogP contribution in [0.4, 0.5) is 0 Å². The van der Waals surface area contributed by atoms with E-state index in [0.717, 1.165) is 27.9 Å². The zero-order chi connectivity index (χ0) is 22.5. The molecule has 0 atom stereocenters. The number of rotatable bonds is 8. The highest BCUT2D eigenvalue weighted by Gasteiger charge is 2.18. The van der Waals surface area contributed by atoms with Gasteiger partial charge in [-0.3, -0.25) is 4.98 Å². The Balaban J connectivity index is 2.18. The first kappa shape index (κ1) is 22.1. The summed E-state index contributed by atoms with van der Waals surface area (Å²) in [5.41, 5.74) is 4.48. The lowest BCUT2D eigenvalue weighted by atomic mass is 9.98. The van der Waals surface area contributed by atoms with E-state index in [-0.39, 0.29) is 0 Å². The van der Waals surface area contributed by atoms with Crippen LogP contribution in [-0.2, 0) is 0 Å². The molecule has 31 heavy (non-hydrogen) atoms. The van der Waals surface area contributed by atoms with Crippen LogP contribution in [0.3, 0.4) is 0 Å². The fourth-order valence-corrected chi connectivity index (χ4v) is 3.47. The molecule has 0 fully saturated rings. The SMILES string of the molecule is COc1cc(-c2cnc(C)c(-c3cc(OC)c(OC)c(OC)c3)c2)cc(OC)c1OC. The molecule has 0 aliphatic carbocycles. The van der Waals surface area contributed by atoms with Crippen LogP contribution in [0.2, 0.25) is 0 Å². The Morgan fingerprint density at radius 2 is 0.935 bits per heavy atom. The van der Waals surface area contributed by atoms with E-state index in [1.54, 1.807) is 42.7 Å². The minimum Gasteiger partial charge on any atom is -0.493 e. The molecule has 7 heteroatoms. The second-order valence-corrected chi connectivity index (χ2v) is 6.68. The van der Waals surface area contributed by atoms with Crippen molar-refractivity contribution < 1.29 is 28.4 Å². The average molecular weight is 425 g/mol. The topological polar surface area (TPSA) is 68.3 Å². The summed E-state index contributed by atoms with van der Waals surface area (Å²) >= 11 is 0. The molecule has 0 saturated carbocycles. The van der Waals surface area contributed by atoms with Crippen LogP contribution in [0.25, 0.3) is 22.3 Å². The van der Waals surface area contributed by atoms with E-state index < -0.39 is 0 Å². The number of hydrogen-bond acceptors (Lipinski definition) is 7. The molecule has 0 aliphatic rings. The standard InChI is InChI=1S/C24H27NO6/c1-14-18(16-11-21(28-4)24(31-7)22(12-16)29-5)8-17(13-25-14)15-9-19(26-2)23(30-6)20(10-15)27-3/h8-13H,1-7H3. The molecule has 3 rings (SSSR count). The van der Waals surface area contributed by atoms with Crippen LogP contribution < -0.4 is 28.4 Å². The lowest BCUT2D eigenvalue weighted by molar-refractivity contribution is 0.324. The molecule has 3 aromatic rings. The molecule has 0 saturated heterocycles. The second kappa shape index (κ2) is 9.47. The first-order valence-electron chi connectivity index (χ1n) is 9.58. The van der Waals surface area contributed by atoms with Crippen molar-refractivity contribution in [2.45, 2.75) is 6.92 Å². The second-order valence-electron chi connectivity index (χ2n) is 6.68. The molecular weight excluding hydrogens is 398 g/mol. The summed E-state index contributed by atoms with van der Waals surface area (Å²) in [6.45, 7) is 1.96. The van der Waals surface area contributed by atoms with Crippen molar-refractivity contribution in [2.24, 2.45) is 0 Å². The van der Waals surface area contributed by atoms with Gasteiger partial charge >= 0.3 is 0 Å². The largest absolute Gasteiger partial charge is 0.493 e. The third-order valence-corrected chi connectivity index (χ3v) is 5.06. The van der Waals surface area contributed by atoms with Gasteiger partial charge in [-0.25, -0.2) is 0 Å². The predicted octanol–water partition coefficient (Wildman–Crippen LogP) is 4.78. The maximum absolute atomic E-state index is 5.51. The molecule has 0 radical (unpaired) electrons. The van der Waals surface area contributed by atoms with Gasteiger partial charge in [0.1, 0.15) is 0 Å². The maximum Gasteiger partial charge on any atom is 0.203 e. The summed E-state index contributed by atoms with van der Waals surface area (Å²) in [6.07, 6.45) is 1.82. The average Bonchev–Trinajstić information content (AvgIpc) is 2.82. The third kappa shape index (κ3) is 4.17. The van der Waals surface area contributed by atoms with Gasteiger partial charge in [0.15, 0.2) is 23.0 Å². The molecule has 0 amide bonds. The van der Waals surface area contributed by atoms with E-state index >= 15 is 0 Å². The van der Waals surface area contributed by atoms with Gasteiger partial charge < -0.3 is 28.4 Å². The predicted molar refractivity (Wildman–Crippen MR) is 119 cm³/mol. The lowest BCUT2D eigenvalue weighted by Crippen LogP contribution is -1.98. The number of methoxy groups -OCH3 is 6. The van der Waals surface area contributed by atoms with E-state index in [2.05, 4.69) is 11.1 Å². The van der Waals surface area contributed by atoms with Crippen molar-refractivity contribution in [3.63, 3.8) is 0 Å². The first-order chi connectivity index (χ1) is 15.0. The molecule has 2 aromatic carbocycles. The summed E-state index contributed by atoms with van der Waals surface area (Å²) in [5, 5.41) is 0.